The van der Waals surface area contributed by atoms with Gasteiger partial charge in [0.05, 0.1) is 4.90 Å². The van der Waals surface area contributed by atoms with E-state index in [9.17, 15) is 8.42 Å². The molecule has 112 valence electrons. The lowest BCUT2D eigenvalue weighted by atomic mass is 9.96. The van der Waals surface area contributed by atoms with Crippen molar-refractivity contribution in [3.8, 4) is 0 Å². The van der Waals surface area contributed by atoms with Crippen LogP contribution in [0.1, 0.15) is 36.8 Å². The number of hydrogen-bond acceptors (Lipinski definition) is 2. The van der Waals surface area contributed by atoms with E-state index < -0.39 is 10.0 Å². The summed E-state index contributed by atoms with van der Waals surface area (Å²) in [4.78, 5) is 0.686. The Kier molecular flexibility index (Phi) is 4.92. The van der Waals surface area contributed by atoms with Gasteiger partial charge in [-0.3, -0.25) is 0 Å². The van der Waals surface area contributed by atoms with Gasteiger partial charge in [-0.1, -0.05) is 40.9 Å². The summed E-state index contributed by atoms with van der Waals surface area (Å²) < 4.78 is 27.3. The van der Waals surface area contributed by atoms with Crippen LogP contribution in [0.2, 0.25) is 0 Å². The summed E-state index contributed by atoms with van der Waals surface area (Å²) in [7, 11) is -1.71. The second kappa shape index (κ2) is 6.16. The van der Waals surface area contributed by atoms with Crippen LogP contribution in [-0.4, -0.2) is 30.6 Å². The van der Waals surface area contributed by atoms with Gasteiger partial charge in [0.2, 0.25) is 10.0 Å². The van der Waals surface area contributed by atoms with Crippen molar-refractivity contribution in [2.45, 2.75) is 55.3 Å². The first-order valence-electron chi connectivity index (χ1n) is 7.03. The van der Waals surface area contributed by atoms with Crippen molar-refractivity contribution in [2.24, 2.45) is 0 Å². The monoisotopic (exact) mass is 359 g/mol. The molecule has 1 aliphatic rings. The summed E-state index contributed by atoms with van der Waals surface area (Å²) in [5, 5.41) is 0. The predicted octanol–water partition coefficient (Wildman–Crippen LogP) is 3.63. The SMILES string of the molecule is Cc1ccc(C)c(S(=O)(=O)N(C)C2CCCCC2Br)c1. The summed E-state index contributed by atoms with van der Waals surface area (Å²) in [5.74, 6) is 0. The number of alkyl halides is 1. The van der Waals surface area contributed by atoms with E-state index in [1.807, 2.05) is 26.0 Å². The molecule has 20 heavy (non-hydrogen) atoms. The van der Waals surface area contributed by atoms with Crippen LogP contribution < -0.4 is 0 Å². The normalized spacial score (nSPS) is 24.1. The molecule has 0 spiro atoms. The Morgan fingerprint density at radius 2 is 1.85 bits per heavy atom. The first kappa shape index (κ1) is 16.0. The molecule has 0 radical (unpaired) electrons. The molecule has 3 nitrogen and oxygen atoms in total. The maximum Gasteiger partial charge on any atom is 0.243 e. The summed E-state index contributed by atoms with van der Waals surface area (Å²) in [6.07, 6.45) is 4.23. The van der Waals surface area contributed by atoms with Gasteiger partial charge < -0.3 is 0 Å². The molecule has 1 aromatic carbocycles. The van der Waals surface area contributed by atoms with Gasteiger partial charge in [-0.15, -0.1) is 0 Å². The lowest BCUT2D eigenvalue weighted by Crippen LogP contribution is -2.44. The molecule has 5 heteroatoms. The number of hydrogen-bond donors (Lipinski definition) is 0. The van der Waals surface area contributed by atoms with E-state index in [2.05, 4.69) is 15.9 Å². The number of nitrogens with zero attached hydrogens (tertiary/aromatic N) is 1. The topological polar surface area (TPSA) is 37.4 Å². The zero-order valence-electron chi connectivity index (χ0n) is 12.3. The van der Waals surface area contributed by atoms with Gasteiger partial charge in [0, 0.05) is 17.9 Å². The molecule has 1 saturated carbocycles. The maximum absolute atomic E-state index is 12.9. The lowest BCUT2D eigenvalue weighted by Gasteiger charge is -2.34. The fraction of sp³-hybridized carbons (Fsp3) is 0.600. The second-order valence-corrected chi connectivity index (χ2v) is 8.80. The minimum Gasteiger partial charge on any atom is -0.207 e. The predicted molar refractivity (Wildman–Crippen MR) is 85.8 cm³/mol. The third kappa shape index (κ3) is 3.10. The minimum absolute atomic E-state index is 0.0497. The van der Waals surface area contributed by atoms with Crippen LogP contribution >= 0.6 is 15.9 Å². The smallest absolute Gasteiger partial charge is 0.207 e. The molecule has 2 unspecified atom stereocenters. The van der Waals surface area contributed by atoms with E-state index in [1.54, 1.807) is 17.4 Å². The molecule has 0 amide bonds. The van der Waals surface area contributed by atoms with Gasteiger partial charge >= 0.3 is 0 Å². The van der Waals surface area contributed by atoms with Crippen LogP contribution in [0.4, 0.5) is 0 Å². The van der Waals surface area contributed by atoms with Gasteiger partial charge in [-0.05, 0) is 43.9 Å². The van der Waals surface area contributed by atoms with Gasteiger partial charge in [0.15, 0.2) is 0 Å². The fourth-order valence-electron chi connectivity index (χ4n) is 2.79. The molecule has 0 aromatic heterocycles. The van der Waals surface area contributed by atoms with Crippen molar-refractivity contribution in [3.63, 3.8) is 0 Å². The van der Waals surface area contributed by atoms with E-state index >= 15 is 0 Å². The highest BCUT2D eigenvalue weighted by atomic mass is 79.9. The van der Waals surface area contributed by atoms with E-state index in [0.29, 0.717) is 4.90 Å². The number of sulfonamides is 1. The Labute approximate surface area is 130 Å². The third-order valence-corrected chi connectivity index (χ3v) is 7.21. The molecule has 2 atom stereocenters. The Hall–Kier alpha value is -0.390. The third-order valence-electron chi connectivity index (χ3n) is 4.12. The summed E-state index contributed by atoms with van der Waals surface area (Å²) >= 11 is 3.65. The Bertz CT molecular complexity index is 586. The maximum atomic E-state index is 12.9. The van der Waals surface area contributed by atoms with Crippen LogP contribution in [0.15, 0.2) is 23.1 Å². The van der Waals surface area contributed by atoms with Crippen LogP contribution in [0.3, 0.4) is 0 Å². The van der Waals surface area contributed by atoms with Crippen molar-refractivity contribution in [1.29, 1.82) is 0 Å². The van der Waals surface area contributed by atoms with Crippen molar-refractivity contribution in [1.82, 2.24) is 4.31 Å². The average Bonchev–Trinajstić information content (AvgIpc) is 2.41. The standard InChI is InChI=1S/C15H22BrNO2S/c1-11-8-9-12(2)15(10-11)20(18,19)17(3)14-7-5-4-6-13(14)16/h8-10,13-14H,4-7H2,1-3H3. The summed E-state index contributed by atoms with van der Waals surface area (Å²) in [6.45, 7) is 3.78. The van der Waals surface area contributed by atoms with Gasteiger partial charge in [0.1, 0.15) is 0 Å². The van der Waals surface area contributed by atoms with E-state index in [1.165, 1.54) is 6.42 Å². The quantitative estimate of drug-likeness (QED) is 0.772. The molecule has 2 rings (SSSR count). The van der Waals surface area contributed by atoms with Crippen LogP contribution in [-0.2, 0) is 10.0 Å². The molecular formula is C15H22BrNO2S. The number of rotatable bonds is 3. The Morgan fingerprint density at radius 3 is 2.50 bits per heavy atom. The molecular weight excluding hydrogens is 338 g/mol. The zero-order chi connectivity index (χ0) is 14.9. The highest BCUT2D eigenvalue weighted by Crippen LogP contribution is 2.31. The molecule has 1 fully saturated rings. The molecule has 0 aliphatic heterocycles. The lowest BCUT2D eigenvalue weighted by molar-refractivity contribution is 0.297. The van der Waals surface area contributed by atoms with Crippen LogP contribution in [0, 0.1) is 13.8 Å². The summed E-state index contributed by atoms with van der Waals surface area (Å²) in [6, 6.07) is 5.64. The summed E-state index contributed by atoms with van der Waals surface area (Å²) in [5.41, 5.74) is 1.78. The van der Waals surface area contributed by atoms with Gasteiger partial charge in [-0.25, -0.2) is 8.42 Å². The largest absolute Gasteiger partial charge is 0.243 e. The first-order chi connectivity index (χ1) is 9.34. The molecule has 0 N–H and O–H groups in total. The molecule has 0 saturated heterocycles. The number of halogens is 1. The van der Waals surface area contributed by atoms with Crippen LogP contribution in [0.25, 0.3) is 0 Å². The fourth-order valence-corrected chi connectivity index (χ4v) is 5.62. The molecule has 0 bridgehead atoms. The van der Waals surface area contributed by atoms with Crippen molar-refractivity contribution in [3.05, 3.63) is 29.3 Å². The number of benzene rings is 1. The highest BCUT2D eigenvalue weighted by molar-refractivity contribution is 9.09. The second-order valence-electron chi connectivity index (χ2n) is 5.66. The number of aryl methyl sites for hydroxylation is 2. The van der Waals surface area contributed by atoms with Gasteiger partial charge in [-0.2, -0.15) is 4.31 Å². The van der Waals surface area contributed by atoms with E-state index in [4.69, 9.17) is 0 Å². The van der Waals surface area contributed by atoms with Crippen molar-refractivity contribution < 1.29 is 8.42 Å². The molecule has 1 aromatic rings. The highest BCUT2D eigenvalue weighted by Gasteiger charge is 2.34. The first-order valence-corrected chi connectivity index (χ1v) is 9.39. The zero-order valence-corrected chi connectivity index (χ0v) is 14.7. The minimum atomic E-state index is -3.42. The van der Waals surface area contributed by atoms with Crippen molar-refractivity contribution in [2.75, 3.05) is 7.05 Å². The van der Waals surface area contributed by atoms with E-state index in [-0.39, 0.29) is 10.9 Å². The van der Waals surface area contributed by atoms with Crippen LogP contribution in [0.5, 0.6) is 0 Å². The van der Waals surface area contributed by atoms with Gasteiger partial charge in [0.25, 0.3) is 0 Å². The van der Waals surface area contributed by atoms with Crippen molar-refractivity contribution >= 4 is 26.0 Å². The Balaban J connectivity index is 2.36. The molecule has 0 heterocycles. The average molecular weight is 360 g/mol. The van der Waals surface area contributed by atoms with E-state index in [0.717, 1.165) is 30.4 Å². The molecule has 1 aliphatic carbocycles. The Morgan fingerprint density at radius 1 is 1.20 bits per heavy atom.